The lowest BCUT2D eigenvalue weighted by Crippen LogP contribution is -2.29. The number of hydrogen-bond donors (Lipinski definition) is 1. The van der Waals surface area contributed by atoms with Crippen LogP contribution in [0.2, 0.25) is 0 Å². The molecule has 1 amide bonds. The summed E-state index contributed by atoms with van der Waals surface area (Å²) in [4.78, 5) is 28.5. The number of aliphatic hydroxyl groups is 1. The van der Waals surface area contributed by atoms with Crippen molar-refractivity contribution in [3.05, 3.63) is 89.0 Å². The highest BCUT2D eigenvalue weighted by Gasteiger charge is 2.47. The second-order valence-corrected chi connectivity index (χ2v) is 9.95. The maximum Gasteiger partial charge on any atom is 0.300 e. The molecule has 0 aromatic heterocycles. The van der Waals surface area contributed by atoms with E-state index in [4.69, 9.17) is 14.2 Å². The zero-order valence-corrected chi connectivity index (χ0v) is 23.2. The van der Waals surface area contributed by atoms with Crippen molar-refractivity contribution in [3.8, 4) is 17.2 Å². The number of carbonyl (C=O) groups excluding carboxylic acids is 2. The molecule has 1 aliphatic heterocycles. The fourth-order valence-electron chi connectivity index (χ4n) is 4.77. The maximum atomic E-state index is 13.6. The van der Waals surface area contributed by atoms with E-state index in [1.807, 2.05) is 46.8 Å². The predicted molar refractivity (Wildman–Crippen MR) is 152 cm³/mol. The van der Waals surface area contributed by atoms with E-state index >= 15 is 0 Å². The third-order valence-corrected chi connectivity index (χ3v) is 6.55. The molecule has 1 aliphatic rings. The Morgan fingerprint density at radius 3 is 2.28 bits per heavy atom. The Morgan fingerprint density at radius 2 is 1.67 bits per heavy atom. The van der Waals surface area contributed by atoms with Gasteiger partial charge in [-0.05, 0) is 92.4 Å². The molecule has 1 N–H and O–H groups in total. The van der Waals surface area contributed by atoms with Crippen molar-refractivity contribution < 1.29 is 28.9 Å². The standard InChI is InChI=1S/C32H35NO6/c1-7-38-27-16-11-22(18-26(27)19(2)3)30(34)28-29(21-9-8-10-25(17-21)37-6)33(32(36)31(28)35)23-12-14-24(15-13-23)39-20(4)5/h8-20,29,34H,7H2,1-6H3/b30-28-. The van der Waals surface area contributed by atoms with Crippen molar-refractivity contribution in [2.24, 2.45) is 0 Å². The van der Waals surface area contributed by atoms with E-state index in [0.29, 0.717) is 34.9 Å². The fraction of sp³-hybridized carbons (Fsp3) is 0.312. The average Bonchev–Trinajstić information content (AvgIpc) is 3.18. The van der Waals surface area contributed by atoms with E-state index in [-0.39, 0.29) is 23.4 Å². The van der Waals surface area contributed by atoms with Crippen molar-refractivity contribution in [1.82, 2.24) is 0 Å². The van der Waals surface area contributed by atoms with Crippen LogP contribution >= 0.6 is 0 Å². The largest absolute Gasteiger partial charge is 0.507 e. The van der Waals surface area contributed by atoms with Gasteiger partial charge in [0.2, 0.25) is 0 Å². The molecule has 3 aromatic carbocycles. The molecule has 0 saturated carbocycles. The minimum Gasteiger partial charge on any atom is -0.507 e. The molecule has 39 heavy (non-hydrogen) atoms. The van der Waals surface area contributed by atoms with Crippen molar-refractivity contribution in [2.45, 2.75) is 52.7 Å². The maximum absolute atomic E-state index is 13.6. The van der Waals surface area contributed by atoms with Gasteiger partial charge in [0.05, 0.1) is 31.4 Å². The number of amides is 1. The summed E-state index contributed by atoms with van der Waals surface area (Å²) >= 11 is 0. The smallest absolute Gasteiger partial charge is 0.300 e. The molecule has 1 saturated heterocycles. The van der Waals surface area contributed by atoms with E-state index in [1.54, 1.807) is 61.7 Å². The van der Waals surface area contributed by atoms with Gasteiger partial charge in [-0.3, -0.25) is 14.5 Å². The normalized spacial score (nSPS) is 16.7. The van der Waals surface area contributed by atoms with Crippen LogP contribution in [0.3, 0.4) is 0 Å². The molecular formula is C32H35NO6. The number of benzene rings is 3. The lowest BCUT2D eigenvalue weighted by molar-refractivity contribution is -0.132. The molecule has 1 fully saturated rings. The Labute approximate surface area is 229 Å². The second-order valence-electron chi connectivity index (χ2n) is 9.95. The first-order valence-corrected chi connectivity index (χ1v) is 13.1. The number of Topliss-reactive ketones (excluding diaryl/α,β-unsaturated/α-hetero) is 1. The van der Waals surface area contributed by atoms with Gasteiger partial charge in [-0.2, -0.15) is 0 Å². The molecule has 1 heterocycles. The molecule has 204 valence electrons. The molecular weight excluding hydrogens is 494 g/mol. The van der Waals surface area contributed by atoms with Gasteiger partial charge in [0.15, 0.2) is 0 Å². The Bertz CT molecular complexity index is 1390. The van der Waals surface area contributed by atoms with Crippen LogP contribution in [0.1, 0.15) is 63.3 Å². The van der Waals surface area contributed by atoms with Crippen LogP contribution in [0, 0.1) is 0 Å². The van der Waals surface area contributed by atoms with Gasteiger partial charge in [-0.25, -0.2) is 0 Å². The zero-order valence-electron chi connectivity index (χ0n) is 23.2. The third-order valence-electron chi connectivity index (χ3n) is 6.55. The minimum absolute atomic E-state index is 0.00768. The molecule has 0 bridgehead atoms. The highest BCUT2D eigenvalue weighted by molar-refractivity contribution is 6.51. The van der Waals surface area contributed by atoms with Crippen molar-refractivity contribution in [3.63, 3.8) is 0 Å². The van der Waals surface area contributed by atoms with E-state index in [9.17, 15) is 14.7 Å². The summed E-state index contributed by atoms with van der Waals surface area (Å²) < 4.78 is 16.9. The number of carbonyl (C=O) groups is 2. The molecule has 4 rings (SSSR count). The van der Waals surface area contributed by atoms with Gasteiger partial charge >= 0.3 is 0 Å². The predicted octanol–water partition coefficient (Wildman–Crippen LogP) is 6.63. The van der Waals surface area contributed by atoms with Gasteiger partial charge in [0.1, 0.15) is 23.0 Å². The molecule has 0 spiro atoms. The van der Waals surface area contributed by atoms with E-state index in [1.165, 1.54) is 4.90 Å². The minimum atomic E-state index is -0.869. The number of hydrogen-bond acceptors (Lipinski definition) is 6. The highest BCUT2D eigenvalue weighted by Crippen LogP contribution is 2.43. The number of rotatable bonds is 9. The Kier molecular flexibility index (Phi) is 8.29. The molecule has 1 unspecified atom stereocenters. The van der Waals surface area contributed by atoms with Crippen LogP contribution in [0.4, 0.5) is 5.69 Å². The average molecular weight is 530 g/mol. The first-order valence-electron chi connectivity index (χ1n) is 13.1. The Balaban J connectivity index is 1.89. The monoisotopic (exact) mass is 529 g/mol. The van der Waals surface area contributed by atoms with E-state index in [2.05, 4.69) is 0 Å². The molecule has 3 aromatic rings. The summed E-state index contributed by atoms with van der Waals surface area (Å²) in [5.74, 6) is 0.328. The molecule has 7 heteroatoms. The lowest BCUT2D eigenvalue weighted by atomic mass is 9.93. The first-order chi connectivity index (χ1) is 18.7. The number of nitrogens with zero attached hydrogens (tertiary/aromatic N) is 1. The Morgan fingerprint density at radius 1 is 0.949 bits per heavy atom. The number of methoxy groups -OCH3 is 1. The first kappa shape index (κ1) is 27.8. The van der Waals surface area contributed by atoms with Crippen LogP contribution in [0.25, 0.3) is 5.76 Å². The SMILES string of the molecule is CCOc1ccc(/C(O)=C2/C(=O)C(=O)N(c3ccc(OC(C)C)cc3)C2c2cccc(OC)c2)cc1C(C)C. The van der Waals surface area contributed by atoms with Gasteiger partial charge in [0, 0.05) is 11.3 Å². The quantitative estimate of drug-likeness (QED) is 0.190. The number of anilines is 1. The number of ether oxygens (including phenoxy) is 3. The zero-order chi connectivity index (χ0) is 28.3. The Hall–Kier alpha value is -4.26. The molecule has 1 atom stereocenters. The highest BCUT2D eigenvalue weighted by atomic mass is 16.5. The van der Waals surface area contributed by atoms with Crippen molar-refractivity contribution in [1.29, 1.82) is 0 Å². The van der Waals surface area contributed by atoms with Crippen molar-refractivity contribution >= 4 is 23.1 Å². The van der Waals surface area contributed by atoms with Crippen LogP contribution in [0.5, 0.6) is 17.2 Å². The van der Waals surface area contributed by atoms with E-state index in [0.717, 1.165) is 11.3 Å². The molecule has 7 nitrogen and oxygen atoms in total. The summed E-state index contributed by atoms with van der Waals surface area (Å²) in [7, 11) is 1.55. The summed E-state index contributed by atoms with van der Waals surface area (Å²) in [5.41, 5.74) is 2.49. The lowest BCUT2D eigenvalue weighted by Gasteiger charge is -2.26. The van der Waals surface area contributed by atoms with Crippen molar-refractivity contribution in [2.75, 3.05) is 18.6 Å². The fourth-order valence-corrected chi connectivity index (χ4v) is 4.77. The molecule has 0 aliphatic carbocycles. The third kappa shape index (κ3) is 5.62. The summed E-state index contributed by atoms with van der Waals surface area (Å²) in [6.45, 7) is 10.3. The number of ketones is 1. The van der Waals surface area contributed by atoms with Gasteiger partial charge in [0.25, 0.3) is 11.7 Å². The van der Waals surface area contributed by atoms with Crippen LogP contribution in [0.15, 0.2) is 72.3 Å². The van der Waals surface area contributed by atoms with Crippen LogP contribution in [-0.4, -0.2) is 36.6 Å². The summed E-state index contributed by atoms with van der Waals surface area (Å²) in [5, 5.41) is 11.6. The summed E-state index contributed by atoms with van der Waals surface area (Å²) in [6.07, 6.45) is -0.00768. The van der Waals surface area contributed by atoms with Gasteiger partial charge in [-0.15, -0.1) is 0 Å². The van der Waals surface area contributed by atoms with Gasteiger partial charge in [-0.1, -0.05) is 26.0 Å². The van der Waals surface area contributed by atoms with E-state index < -0.39 is 17.7 Å². The molecule has 0 radical (unpaired) electrons. The second kappa shape index (κ2) is 11.6. The number of aliphatic hydroxyl groups excluding tert-OH is 1. The van der Waals surface area contributed by atoms with Crippen LogP contribution in [-0.2, 0) is 9.59 Å². The van der Waals surface area contributed by atoms with Crippen LogP contribution < -0.4 is 19.1 Å². The summed E-state index contributed by atoms with van der Waals surface area (Å²) in [6, 6.07) is 18.6. The van der Waals surface area contributed by atoms with Gasteiger partial charge < -0.3 is 19.3 Å². The topological polar surface area (TPSA) is 85.3 Å².